The number of fused-ring (bicyclic) bond motifs is 1. The minimum absolute atomic E-state index is 0.138. The summed E-state index contributed by atoms with van der Waals surface area (Å²) < 4.78 is 5.46. The Morgan fingerprint density at radius 1 is 1.18 bits per heavy atom. The van der Waals surface area contributed by atoms with Crippen LogP contribution in [0.4, 0.5) is 5.69 Å². The van der Waals surface area contributed by atoms with Crippen molar-refractivity contribution in [2.45, 2.75) is 19.3 Å². The van der Waals surface area contributed by atoms with Gasteiger partial charge in [0.25, 0.3) is 5.70 Å². The molecule has 0 saturated heterocycles. The molecule has 1 aromatic carbocycles. The van der Waals surface area contributed by atoms with E-state index in [1.165, 1.54) is 24.4 Å². The lowest BCUT2D eigenvalue weighted by Gasteiger charge is -2.27. The number of pyridine rings is 1. The molecule has 1 aliphatic carbocycles. The number of rotatable bonds is 6. The second-order valence-corrected chi connectivity index (χ2v) is 8.37. The second-order valence-electron chi connectivity index (χ2n) is 8.37. The summed E-state index contributed by atoms with van der Waals surface area (Å²) in [6.45, 7) is 4.67. The van der Waals surface area contributed by atoms with E-state index >= 15 is 0 Å². The standard InChI is InChI=1S/C26H23N3O5/c1-26(2)21-7-3-4-8-22(21)28(14-15-34-25(31)19-6-5-13-27-17-19)24(26)12-9-18-16-20(29(32)33)10-11-23(18)30/h3-13,16-17H,14-15H2,1-2H3/b18-9-,24-12+. The van der Waals surface area contributed by atoms with Crippen LogP contribution in [0.1, 0.15) is 29.8 Å². The van der Waals surface area contributed by atoms with Gasteiger partial charge in [-0.25, -0.2) is 4.79 Å². The molecule has 0 radical (unpaired) electrons. The minimum atomic E-state index is -0.526. The summed E-state index contributed by atoms with van der Waals surface area (Å²) in [6, 6.07) is 11.2. The highest BCUT2D eigenvalue weighted by molar-refractivity contribution is 6.07. The molecule has 0 bridgehead atoms. The van der Waals surface area contributed by atoms with Crippen LogP contribution in [0.2, 0.25) is 0 Å². The van der Waals surface area contributed by atoms with E-state index < -0.39 is 16.3 Å². The molecule has 1 aliphatic heterocycles. The van der Waals surface area contributed by atoms with E-state index in [-0.39, 0.29) is 23.7 Å². The summed E-state index contributed by atoms with van der Waals surface area (Å²) in [4.78, 5) is 41.2. The van der Waals surface area contributed by atoms with Crippen molar-refractivity contribution >= 4 is 17.4 Å². The van der Waals surface area contributed by atoms with Gasteiger partial charge in [-0.1, -0.05) is 32.0 Å². The Labute approximate surface area is 196 Å². The van der Waals surface area contributed by atoms with Gasteiger partial charge in [-0.05, 0) is 42.0 Å². The monoisotopic (exact) mass is 457 g/mol. The van der Waals surface area contributed by atoms with Crippen molar-refractivity contribution in [2.75, 3.05) is 18.1 Å². The molecule has 8 heteroatoms. The van der Waals surface area contributed by atoms with Crippen LogP contribution in [-0.2, 0) is 14.9 Å². The third-order valence-corrected chi connectivity index (χ3v) is 5.87. The fraction of sp³-hybridized carbons (Fsp3) is 0.192. The molecular formula is C26H23N3O5. The van der Waals surface area contributed by atoms with Gasteiger partial charge in [-0.2, -0.15) is 0 Å². The van der Waals surface area contributed by atoms with Crippen molar-refractivity contribution in [1.82, 2.24) is 4.98 Å². The Hall–Kier alpha value is -4.33. The van der Waals surface area contributed by atoms with Crippen molar-refractivity contribution in [1.29, 1.82) is 0 Å². The molecule has 1 aromatic heterocycles. The molecule has 0 amide bonds. The highest BCUT2D eigenvalue weighted by atomic mass is 16.6. The van der Waals surface area contributed by atoms with Gasteiger partial charge in [0.1, 0.15) is 6.61 Å². The zero-order valence-electron chi connectivity index (χ0n) is 18.8. The molecular weight excluding hydrogens is 434 g/mol. The van der Waals surface area contributed by atoms with Crippen LogP contribution in [0.3, 0.4) is 0 Å². The van der Waals surface area contributed by atoms with E-state index in [0.717, 1.165) is 16.9 Å². The number of carbonyl (C=O) groups excluding carboxylic acids is 2. The Kier molecular flexibility index (Phi) is 6.23. The summed E-state index contributed by atoms with van der Waals surface area (Å²) in [6.07, 6.45) is 10.1. The largest absolute Gasteiger partial charge is 0.460 e. The van der Waals surface area contributed by atoms with Gasteiger partial charge in [0, 0.05) is 46.9 Å². The van der Waals surface area contributed by atoms with Crippen LogP contribution in [0.15, 0.2) is 96.1 Å². The number of nitrogens with zero attached hydrogens (tertiary/aromatic N) is 3. The zero-order chi connectivity index (χ0) is 24.3. The van der Waals surface area contributed by atoms with E-state index in [9.17, 15) is 19.7 Å². The molecule has 0 spiro atoms. The van der Waals surface area contributed by atoms with Crippen LogP contribution < -0.4 is 4.90 Å². The van der Waals surface area contributed by atoms with Gasteiger partial charge in [-0.3, -0.25) is 19.9 Å². The summed E-state index contributed by atoms with van der Waals surface area (Å²) in [5.74, 6) is -0.753. The van der Waals surface area contributed by atoms with Gasteiger partial charge < -0.3 is 9.64 Å². The van der Waals surface area contributed by atoms with Crippen molar-refractivity contribution in [3.8, 4) is 0 Å². The normalized spacial score (nSPS) is 18.7. The SMILES string of the molecule is CC1(C)/C(=C\C=C2\C=C([N+](=O)[O-])C=CC2=O)N(CCOC(=O)c2cccnc2)c2ccccc21. The first kappa shape index (κ1) is 22.8. The number of ketones is 1. The number of hydrogen-bond acceptors (Lipinski definition) is 7. The topological polar surface area (TPSA) is 103 Å². The van der Waals surface area contributed by atoms with Crippen LogP contribution in [-0.4, -0.2) is 34.8 Å². The summed E-state index contributed by atoms with van der Waals surface area (Å²) >= 11 is 0. The lowest BCUT2D eigenvalue weighted by molar-refractivity contribution is -0.419. The predicted molar refractivity (Wildman–Crippen MR) is 127 cm³/mol. The van der Waals surface area contributed by atoms with Crippen molar-refractivity contribution < 1.29 is 19.2 Å². The molecule has 0 N–H and O–H groups in total. The molecule has 2 heterocycles. The Morgan fingerprint density at radius 2 is 1.97 bits per heavy atom. The maximum atomic E-state index is 12.3. The molecule has 0 unspecified atom stereocenters. The maximum absolute atomic E-state index is 12.3. The van der Waals surface area contributed by atoms with Crippen molar-refractivity contribution in [2.24, 2.45) is 0 Å². The number of ether oxygens (including phenoxy) is 1. The smallest absolute Gasteiger partial charge is 0.339 e. The third kappa shape index (κ3) is 4.43. The van der Waals surface area contributed by atoms with Gasteiger partial charge in [0.2, 0.25) is 0 Å². The summed E-state index contributed by atoms with van der Waals surface area (Å²) in [7, 11) is 0. The Morgan fingerprint density at radius 3 is 2.71 bits per heavy atom. The lowest BCUT2D eigenvalue weighted by Crippen LogP contribution is -2.29. The molecule has 172 valence electrons. The van der Waals surface area contributed by atoms with Gasteiger partial charge in [0.05, 0.1) is 17.0 Å². The van der Waals surface area contributed by atoms with Gasteiger partial charge in [0.15, 0.2) is 5.78 Å². The third-order valence-electron chi connectivity index (χ3n) is 5.87. The van der Waals surface area contributed by atoms with Crippen LogP contribution >= 0.6 is 0 Å². The number of carbonyl (C=O) groups is 2. The molecule has 0 atom stereocenters. The van der Waals surface area contributed by atoms with Crippen LogP contribution in [0, 0.1) is 10.1 Å². The number of anilines is 1. The first-order valence-electron chi connectivity index (χ1n) is 10.7. The highest BCUT2D eigenvalue weighted by Gasteiger charge is 2.39. The van der Waals surface area contributed by atoms with Crippen molar-refractivity contribution in [3.05, 3.63) is 117 Å². The van der Waals surface area contributed by atoms with Crippen molar-refractivity contribution in [3.63, 3.8) is 0 Å². The first-order valence-corrected chi connectivity index (χ1v) is 10.7. The number of allylic oxidation sites excluding steroid dienone is 7. The van der Waals surface area contributed by atoms with E-state index in [1.807, 2.05) is 35.2 Å². The summed E-state index contributed by atoms with van der Waals surface area (Å²) in [5.41, 5.74) is 3.03. The summed E-state index contributed by atoms with van der Waals surface area (Å²) in [5, 5.41) is 11.1. The number of aromatic nitrogens is 1. The molecule has 8 nitrogen and oxygen atoms in total. The maximum Gasteiger partial charge on any atom is 0.339 e. The molecule has 0 saturated carbocycles. The second kappa shape index (κ2) is 9.27. The minimum Gasteiger partial charge on any atom is -0.460 e. The Balaban J connectivity index is 1.62. The average molecular weight is 457 g/mol. The molecule has 0 fully saturated rings. The average Bonchev–Trinajstić information content (AvgIpc) is 3.05. The van der Waals surface area contributed by atoms with Crippen LogP contribution in [0.25, 0.3) is 0 Å². The van der Waals surface area contributed by atoms with E-state index in [1.54, 1.807) is 24.4 Å². The molecule has 2 aliphatic rings. The fourth-order valence-electron chi connectivity index (χ4n) is 4.13. The number of para-hydroxylation sites is 1. The first-order chi connectivity index (χ1) is 16.3. The molecule has 2 aromatic rings. The van der Waals surface area contributed by atoms with E-state index in [2.05, 4.69) is 18.8 Å². The number of benzene rings is 1. The molecule has 34 heavy (non-hydrogen) atoms. The predicted octanol–water partition coefficient (Wildman–Crippen LogP) is 4.15. The van der Waals surface area contributed by atoms with Crippen LogP contribution in [0.5, 0.6) is 0 Å². The Bertz CT molecular complexity index is 1270. The van der Waals surface area contributed by atoms with E-state index in [0.29, 0.717) is 12.1 Å². The lowest BCUT2D eigenvalue weighted by atomic mass is 9.83. The number of esters is 1. The highest BCUT2D eigenvalue weighted by Crippen LogP contribution is 2.47. The van der Waals surface area contributed by atoms with Gasteiger partial charge in [-0.15, -0.1) is 0 Å². The molecule has 4 rings (SSSR count). The number of nitro groups is 1. The fourth-order valence-corrected chi connectivity index (χ4v) is 4.13. The quantitative estimate of drug-likeness (QED) is 0.278. The van der Waals surface area contributed by atoms with E-state index in [4.69, 9.17) is 4.74 Å². The zero-order valence-corrected chi connectivity index (χ0v) is 18.8. The number of hydrogen-bond donors (Lipinski definition) is 0. The van der Waals surface area contributed by atoms with Gasteiger partial charge >= 0.3 is 5.97 Å².